The Hall–Kier alpha value is -0.480. The first-order valence-corrected chi connectivity index (χ1v) is 5.09. The molecule has 14 heavy (non-hydrogen) atoms. The van der Waals surface area contributed by atoms with E-state index in [2.05, 4.69) is 5.18 Å². The van der Waals surface area contributed by atoms with Crippen molar-refractivity contribution in [2.45, 2.75) is 57.3 Å². The van der Waals surface area contributed by atoms with Crippen molar-refractivity contribution in [3.8, 4) is 0 Å². The maximum absolute atomic E-state index is 10.6. The molecule has 0 aromatic heterocycles. The zero-order valence-corrected chi connectivity index (χ0v) is 9.03. The average Bonchev–Trinajstić information content (AvgIpc) is 2.12. The summed E-state index contributed by atoms with van der Waals surface area (Å²) in [6.07, 6.45) is 0.393. The summed E-state index contributed by atoms with van der Waals surface area (Å²) in [5.74, 6) is 0.0911. The van der Waals surface area contributed by atoms with E-state index in [1.165, 1.54) is 0 Å². The molecule has 0 aromatic rings. The van der Waals surface area contributed by atoms with Crippen LogP contribution in [0.25, 0.3) is 0 Å². The Balaban J connectivity index is 2.77. The van der Waals surface area contributed by atoms with Crippen LogP contribution in [0.5, 0.6) is 0 Å². The van der Waals surface area contributed by atoms with E-state index in [1.54, 1.807) is 6.92 Å². The molecule has 0 bridgehead atoms. The van der Waals surface area contributed by atoms with Gasteiger partial charge in [0.05, 0.1) is 11.7 Å². The van der Waals surface area contributed by atoms with E-state index in [4.69, 9.17) is 0 Å². The molecule has 3 unspecified atom stereocenters. The highest BCUT2D eigenvalue weighted by Gasteiger charge is 2.47. The van der Waals surface area contributed by atoms with E-state index < -0.39 is 17.2 Å². The summed E-state index contributed by atoms with van der Waals surface area (Å²) in [6.45, 7) is 5.48. The molecule has 0 heterocycles. The first-order valence-electron chi connectivity index (χ1n) is 5.09. The Morgan fingerprint density at radius 2 is 2.00 bits per heavy atom. The number of hydrogen-bond acceptors (Lipinski definition) is 4. The molecule has 2 N–H and O–H groups in total. The Labute approximate surface area is 84.3 Å². The molecule has 0 saturated heterocycles. The van der Waals surface area contributed by atoms with E-state index >= 15 is 0 Å². The molecule has 1 rings (SSSR count). The summed E-state index contributed by atoms with van der Waals surface area (Å²) in [5, 5.41) is 22.9. The van der Waals surface area contributed by atoms with Crippen molar-refractivity contribution in [1.82, 2.24) is 0 Å². The molecular formula is C10H19NO3. The van der Waals surface area contributed by atoms with Gasteiger partial charge in [0.1, 0.15) is 5.54 Å². The number of rotatable bonds is 2. The summed E-state index contributed by atoms with van der Waals surface area (Å²) < 4.78 is 0. The van der Waals surface area contributed by atoms with Gasteiger partial charge in [-0.3, -0.25) is 0 Å². The smallest absolute Gasteiger partial charge is 0.126 e. The normalized spacial score (nSPS) is 44.0. The van der Waals surface area contributed by atoms with Gasteiger partial charge in [0, 0.05) is 6.42 Å². The summed E-state index contributed by atoms with van der Waals surface area (Å²) in [4.78, 5) is 10.6. The van der Waals surface area contributed by atoms with Gasteiger partial charge >= 0.3 is 0 Å². The minimum Gasteiger partial charge on any atom is -0.390 e. The van der Waals surface area contributed by atoms with Crippen LogP contribution in [0.1, 0.15) is 40.0 Å². The SMILES string of the molecule is CC(C)C1(O)CCC(C)(N=O)C(O)C1. The molecule has 0 aliphatic heterocycles. The number of hydrogen-bond donors (Lipinski definition) is 2. The third-order valence-corrected chi connectivity index (χ3v) is 3.61. The summed E-state index contributed by atoms with van der Waals surface area (Å²) in [5.41, 5.74) is -1.76. The molecule has 3 atom stereocenters. The predicted octanol–water partition coefficient (Wildman–Crippen LogP) is 1.44. The highest BCUT2D eigenvalue weighted by molar-refractivity contribution is 5.02. The maximum Gasteiger partial charge on any atom is 0.126 e. The van der Waals surface area contributed by atoms with Gasteiger partial charge in [-0.05, 0) is 25.7 Å². The average molecular weight is 201 g/mol. The first-order chi connectivity index (χ1) is 6.34. The van der Waals surface area contributed by atoms with Gasteiger partial charge in [-0.15, -0.1) is 0 Å². The zero-order valence-electron chi connectivity index (χ0n) is 9.03. The Bertz CT molecular complexity index is 231. The molecule has 1 fully saturated rings. The van der Waals surface area contributed by atoms with E-state index in [0.29, 0.717) is 12.8 Å². The monoisotopic (exact) mass is 201 g/mol. The third-order valence-electron chi connectivity index (χ3n) is 3.61. The van der Waals surface area contributed by atoms with Crippen molar-refractivity contribution >= 4 is 0 Å². The number of aliphatic hydroxyl groups excluding tert-OH is 1. The van der Waals surface area contributed by atoms with E-state index in [-0.39, 0.29) is 12.3 Å². The molecule has 4 nitrogen and oxygen atoms in total. The third kappa shape index (κ3) is 1.81. The molecule has 0 radical (unpaired) electrons. The quantitative estimate of drug-likeness (QED) is 0.664. The van der Waals surface area contributed by atoms with Gasteiger partial charge in [-0.25, -0.2) is 0 Å². The fourth-order valence-corrected chi connectivity index (χ4v) is 1.92. The van der Waals surface area contributed by atoms with Gasteiger partial charge in [0.25, 0.3) is 0 Å². The minimum absolute atomic E-state index is 0.0911. The van der Waals surface area contributed by atoms with Crippen molar-refractivity contribution < 1.29 is 10.2 Å². The lowest BCUT2D eigenvalue weighted by Gasteiger charge is -2.44. The minimum atomic E-state index is -0.916. The fourth-order valence-electron chi connectivity index (χ4n) is 1.92. The highest BCUT2D eigenvalue weighted by atomic mass is 16.3. The summed E-state index contributed by atoms with van der Waals surface area (Å²) >= 11 is 0. The van der Waals surface area contributed by atoms with Crippen LogP contribution in [0.3, 0.4) is 0 Å². The Morgan fingerprint density at radius 1 is 1.43 bits per heavy atom. The molecule has 1 aliphatic carbocycles. The second-order valence-electron chi connectivity index (χ2n) is 4.93. The van der Waals surface area contributed by atoms with Gasteiger partial charge < -0.3 is 10.2 Å². The number of nitroso groups, excluding NO2 is 1. The molecule has 0 aromatic carbocycles. The zero-order chi connectivity index (χ0) is 11.0. The van der Waals surface area contributed by atoms with Crippen LogP contribution >= 0.6 is 0 Å². The molecule has 1 aliphatic rings. The molecule has 4 heteroatoms. The van der Waals surface area contributed by atoms with E-state index in [9.17, 15) is 15.1 Å². The molecule has 0 spiro atoms. The lowest BCUT2D eigenvalue weighted by Crippen LogP contribution is -2.52. The van der Waals surface area contributed by atoms with Crippen LogP contribution in [0.4, 0.5) is 0 Å². The van der Waals surface area contributed by atoms with Crippen LogP contribution in [-0.2, 0) is 0 Å². The van der Waals surface area contributed by atoms with Crippen LogP contribution < -0.4 is 0 Å². The van der Waals surface area contributed by atoms with Gasteiger partial charge in [0.2, 0.25) is 0 Å². The topological polar surface area (TPSA) is 69.9 Å². The lowest BCUT2D eigenvalue weighted by molar-refractivity contribution is -0.0999. The largest absolute Gasteiger partial charge is 0.390 e. The van der Waals surface area contributed by atoms with Crippen LogP contribution in [0.2, 0.25) is 0 Å². The van der Waals surface area contributed by atoms with Gasteiger partial charge in [0.15, 0.2) is 0 Å². The van der Waals surface area contributed by atoms with Crippen molar-refractivity contribution in [1.29, 1.82) is 0 Å². The van der Waals surface area contributed by atoms with Crippen molar-refractivity contribution in [2.75, 3.05) is 0 Å². The van der Waals surface area contributed by atoms with Crippen LogP contribution in [0.15, 0.2) is 5.18 Å². The molecule has 1 saturated carbocycles. The summed E-state index contributed by atoms with van der Waals surface area (Å²) in [7, 11) is 0. The Morgan fingerprint density at radius 3 is 2.36 bits per heavy atom. The maximum atomic E-state index is 10.6. The van der Waals surface area contributed by atoms with E-state index in [1.807, 2.05) is 13.8 Å². The molecule has 82 valence electrons. The fraction of sp³-hybridized carbons (Fsp3) is 1.00. The Kier molecular flexibility index (Phi) is 2.97. The highest BCUT2D eigenvalue weighted by Crippen LogP contribution is 2.40. The van der Waals surface area contributed by atoms with Gasteiger partial charge in [-0.2, -0.15) is 4.91 Å². The predicted molar refractivity (Wildman–Crippen MR) is 53.8 cm³/mol. The lowest BCUT2D eigenvalue weighted by atomic mass is 9.69. The van der Waals surface area contributed by atoms with Crippen molar-refractivity contribution in [2.24, 2.45) is 11.1 Å². The number of aliphatic hydroxyl groups is 2. The second kappa shape index (κ2) is 3.59. The van der Waals surface area contributed by atoms with Crippen LogP contribution in [0, 0.1) is 10.8 Å². The van der Waals surface area contributed by atoms with E-state index in [0.717, 1.165) is 0 Å². The van der Waals surface area contributed by atoms with Crippen molar-refractivity contribution in [3.05, 3.63) is 4.91 Å². The number of nitrogens with zero attached hydrogens (tertiary/aromatic N) is 1. The van der Waals surface area contributed by atoms with Crippen molar-refractivity contribution in [3.63, 3.8) is 0 Å². The molecular weight excluding hydrogens is 182 g/mol. The standard InChI is InChI=1S/C10H19NO3/c1-7(2)10(13)5-4-9(3,11-14)8(12)6-10/h7-8,12-13H,4-6H2,1-3H3. The van der Waals surface area contributed by atoms with Crippen LogP contribution in [-0.4, -0.2) is 27.5 Å². The second-order valence-corrected chi connectivity index (χ2v) is 4.93. The molecule has 0 amide bonds. The van der Waals surface area contributed by atoms with Gasteiger partial charge in [-0.1, -0.05) is 19.0 Å². The first kappa shape index (κ1) is 11.6. The summed E-state index contributed by atoms with van der Waals surface area (Å²) in [6, 6.07) is 0.